The lowest BCUT2D eigenvalue weighted by Gasteiger charge is -2.19. The number of hydrazine groups is 1. The Morgan fingerprint density at radius 2 is 1.80 bits per heavy atom. The highest BCUT2D eigenvalue weighted by Crippen LogP contribution is 2.09. The smallest absolute Gasteiger partial charge is 0.422 e. The highest BCUT2D eigenvalue weighted by Gasteiger charge is 2.16. The van der Waals surface area contributed by atoms with Crippen molar-refractivity contribution in [3.05, 3.63) is 30.3 Å². The third kappa shape index (κ3) is 6.03. The van der Waals surface area contributed by atoms with Crippen molar-refractivity contribution in [2.75, 3.05) is 12.3 Å². The maximum atomic E-state index is 11.9. The number of ether oxygens (including phenoxy) is 1. The van der Waals surface area contributed by atoms with E-state index in [4.69, 9.17) is 4.74 Å². The molecule has 0 saturated carbocycles. The molecule has 2 N–H and O–H groups in total. The Kier molecular flexibility index (Phi) is 5.52. The van der Waals surface area contributed by atoms with Crippen LogP contribution < -0.4 is 10.9 Å². The summed E-state index contributed by atoms with van der Waals surface area (Å²) in [7, 11) is -3.35. The molecule has 0 saturated heterocycles. The zero-order valence-electron chi connectivity index (χ0n) is 11.8. The van der Waals surface area contributed by atoms with E-state index in [0.29, 0.717) is 0 Å². The van der Waals surface area contributed by atoms with Crippen LogP contribution in [0.15, 0.2) is 35.2 Å². The number of nitrogens with one attached hydrogen (secondary N) is 2. The van der Waals surface area contributed by atoms with Crippen LogP contribution in [0.5, 0.6) is 0 Å². The third-order valence-electron chi connectivity index (χ3n) is 2.19. The second-order valence-corrected chi connectivity index (χ2v) is 7.29. The fourth-order valence-electron chi connectivity index (χ4n) is 1.37. The zero-order chi connectivity index (χ0) is 15.2. The normalized spacial score (nSPS) is 11.9. The summed E-state index contributed by atoms with van der Waals surface area (Å²) in [4.78, 5) is 11.6. The molecule has 0 radical (unpaired) electrons. The molecule has 0 aliphatic carbocycles. The average Bonchev–Trinajstić information content (AvgIpc) is 2.34. The van der Waals surface area contributed by atoms with Gasteiger partial charge in [-0.2, -0.15) is 0 Å². The topological polar surface area (TPSA) is 84.5 Å². The molecule has 1 amide bonds. The van der Waals surface area contributed by atoms with E-state index in [2.05, 4.69) is 10.9 Å². The minimum absolute atomic E-state index is 0.0937. The quantitative estimate of drug-likeness (QED) is 0.636. The van der Waals surface area contributed by atoms with Crippen LogP contribution in [0.3, 0.4) is 0 Å². The van der Waals surface area contributed by atoms with Gasteiger partial charge in [0.15, 0.2) is 9.84 Å². The predicted molar refractivity (Wildman–Crippen MR) is 75.9 cm³/mol. The Morgan fingerprint density at radius 3 is 2.35 bits per heavy atom. The lowest BCUT2D eigenvalue weighted by molar-refractivity contribution is 0.0500. The van der Waals surface area contributed by atoms with Crippen LogP contribution in [-0.2, 0) is 14.6 Å². The fourth-order valence-corrected chi connectivity index (χ4v) is 2.55. The lowest BCUT2D eigenvalue weighted by Crippen LogP contribution is -2.42. The van der Waals surface area contributed by atoms with Gasteiger partial charge in [-0.3, -0.25) is 5.43 Å². The van der Waals surface area contributed by atoms with Crippen molar-refractivity contribution in [1.82, 2.24) is 10.9 Å². The van der Waals surface area contributed by atoms with E-state index in [0.717, 1.165) is 0 Å². The summed E-state index contributed by atoms with van der Waals surface area (Å²) in [6.45, 7) is 5.32. The summed E-state index contributed by atoms with van der Waals surface area (Å²) in [6, 6.07) is 8.16. The van der Waals surface area contributed by atoms with Gasteiger partial charge in [-0.05, 0) is 32.9 Å². The molecule has 112 valence electrons. The molecule has 1 rings (SSSR count). The first-order valence-corrected chi connectivity index (χ1v) is 7.86. The number of hydrogen-bond donors (Lipinski definition) is 2. The maximum Gasteiger partial charge on any atom is 0.422 e. The Morgan fingerprint density at radius 1 is 1.20 bits per heavy atom. The summed E-state index contributed by atoms with van der Waals surface area (Å²) >= 11 is 0. The Balaban J connectivity index is 2.37. The molecule has 0 aliphatic heterocycles. The molecule has 0 aromatic heterocycles. The van der Waals surface area contributed by atoms with Gasteiger partial charge in [0.25, 0.3) is 0 Å². The predicted octanol–water partition coefficient (Wildman–Crippen LogP) is 1.49. The van der Waals surface area contributed by atoms with Crippen molar-refractivity contribution in [3.63, 3.8) is 0 Å². The number of benzene rings is 1. The standard InChI is InChI=1S/C13H20N2O4S/c1-13(2,3)19-12(16)15-14-9-10-20(17,18)11-7-5-4-6-8-11/h4-8,14H,9-10H2,1-3H3,(H,15,16). The molecule has 0 unspecified atom stereocenters. The third-order valence-corrected chi connectivity index (χ3v) is 3.92. The fraction of sp³-hybridized carbons (Fsp3) is 0.462. The molecule has 0 aliphatic rings. The number of carbonyl (C=O) groups is 1. The monoisotopic (exact) mass is 300 g/mol. The number of carbonyl (C=O) groups excluding carboxylic acids is 1. The van der Waals surface area contributed by atoms with E-state index in [9.17, 15) is 13.2 Å². The van der Waals surface area contributed by atoms with E-state index < -0.39 is 21.5 Å². The van der Waals surface area contributed by atoms with Crippen molar-refractivity contribution in [2.45, 2.75) is 31.3 Å². The molecule has 1 aromatic rings. The average molecular weight is 300 g/mol. The van der Waals surface area contributed by atoms with E-state index >= 15 is 0 Å². The van der Waals surface area contributed by atoms with E-state index in [1.807, 2.05) is 0 Å². The van der Waals surface area contributed by atoms with Crippen molar-refractivity contribution < 1.29 is 17.9 Å². The summed E-state index contributed by atoms with van der Waals surface area (Å²) in [5.41, 5.74) is 4.22. The van der Waals surface area contributed by atoms with E-state index in [1.54, 1.807) is 39.0 Å². The molecule has 20 heavy (non-hydrogen) atoms. The first kappa shape index (κ1) is 16.5. The Bertz CT molecular complexity index is 535. The minimum Gasteiger partial charge on any atom is -0.443 e. The van der Waals surface area contributed by atoms with E-state index in [-0.39, 0.29) is 17.2 Å². The summed E-state index contributed by atoms with van der Waals surface area (Å²) in [6.07, 6.45) is -0.644. The van der Waals surface area contributed by atoms with Gasteiger partial charge < -0.3 is 4.74 Å². The largest absolute Gasteiger partial charge is 0.443 e. The van der Waals surface area contributed by atoms with Crippen LogP contribution in [-0.4, -0.2) is 32.4 Å². The van der Waals surface area contributed by atoms with Crippen molar-refractivity contribution in [3.8, 4) is 0 Å². The van der Waals surface area contributed by atoms with Crippen molar-refractivity contribution >= 4 is 15.9 Å². The molecular weight excluding hydrogens is 280 g/mol. The van der Waals surface area contributed by atoms with Gasteiger partial charge >= 0.3 is 6.09 Å². The van der Waals surface area contributed by atoms with Crippen LogP contribution in [0.25, 0.3) is 0 Å². The molecule has 0 spiro atoms. The Hall–Kier alpha value is -1.60. The molecule has 0 atom stereocenters. The van der Waals surface area contributed by atoms with Crippen LogP contribution >= 0.6 is 0 Å². The molecule has 0 heterocycles. The zero-order valence-corrected chi connectivity index (χ0v) is 12.7. The molecule has 7 heteroatoms. The number of hydrogen-bond acceptors (Lipinski definition) is 5. The van der Waals surface area contributed by atoms with Crippen LogP contribution in [0.4, 0.5) is 4.79 Å². The highest BCUT2D eigenvalue weighted by molar-refractivity contribution is 7.91. The molecule has 1 aromatic carbocycles. The molecule has 6 nitrogen and oxygen atoms in total. The van der Waals surface area contributed by atoms with E-state index in [1.165, 1.54) is 12.1 Å². The molecule has 0 fully saturated rings. The molecular formula is C13H20N2O4S. The first-order chi connectivity index (χ1) is 9.21. The minimum atomic E-state index is -3.35. The number of sulfone groups is 1. The summed E-state index contributed by atoms with van der Waals surface area (Å²) < 4.78 is 28.8. The van der Waals surface area contributed by atoms with Crippen LogP contribution in [0.2, 0.25) is 0 Å². The van der Waals surface area contributed by atoms with Gasteiger partial charge in [-0.25, -0.2) is 18.6 Å². The van der Waals surface area contributed by atoms with Gasteiger partial charge in [0.05, 0.1) is 10.6 Å². The Labute approximate surface area is 119 Å². The van der Waals surface area contributed by atoms with Crippen LogP contribution in [0.1, 0.15) is 20.8 Å². The maximum absolute atomic E-state index is 11.9. The van der Waals surface area contributed by atoms with Crippen LogP contribution in [0, 0.1) is 0 Å². The van der Waals surface area contributed by atoms with Crippen molar-refractivity contribution in [2.24, 2.45) is 0 Å². The lowest BCUT2D eigenvalue weighted by atomic mass is 10.2. The number of amides is 1. The second-order valence-electron chi connectivity index (χ2n) is 5.19. The van der Waals surface area contributed by atoms with Gasteiger partial charge in [0, 0.05) is 6.54 Å². The van der Waals surface area contributed by atoms with Gasteiger partial charge in [0.2, 0.25) is 0 Å². The van der Waals surface area contributed by atoms with Gasteiger partial charge in [0.1, 0.15) is 5.60 Å². The SMILES string of the molecule is CC(C)(C)OC(=O)NNCCS(=O)(=O)c1ccccc1. The van der Waals surface area contributed by atoms with Gasteiger partial charge in [-0.1, -0.05) is 18.2 Å². The molecule has 0 bridgehead atoms. The second kappa shape index (κ2) is 6.71. The first-order valence-electron chi connectivity index (χ1n) is 6.20. The summed E-state index contributed by atoms with van der Waals surface area (Å²) in [5, 5.41) is 0. The highest BCUT2D eigenvalue weighted by atomic mass is 32.2. The summed E-state index contributed by atoms with van der Waals surface area (Å²) in [5.74, 6) is -0.118. The van der Waals surface area contributed by atoms with Gasteiger partial charge in [-0.15, -0.1) is 0 Å². The number of rotatable bonds is 5. The van der Waals surface area contributed by atoms with Crippen molar-refractivity contribution in [1.29, 1.82) is 0 Å².